The molecule has 128 valence electrons. The highest BCUT2D eigenvalue weighted by Crippen LogP contribution is 2.32. The van der Waals surface area contributed by atoms with Gasteiger partial charge in [-0.05, 0) is 52.7 Å². The summed E-state index contributed by atoms with van der Waals surface area (Å²) >= 11 is 9.74. The lowest BCUT2D eigenvalue weighted by Gasteiger charge is -2.22. The molecule has 4 nitrogen and oxygen atoms in total. The Hall–Kier alpha value is -1.27. The predicted octanol–water partition coefficient (Wildman–Crippen LogP) is 4.83. The van der Waals surface area contributed by atoms with Crippen molar-refractivity contribution in [3.63, 3.8) is 0 Å². The van der Waals surface area contributed by atoms with Gasteiger partial charge in [-0.25, -0.2) is 0 Å². The monoisotopic (exact) mass is 411 g/mol. The number of fused-ring (bicyclic) bond motifs is 1. The fourth-order valence-electron chi connectivity index (χ4n) is 2.72. The van der Waals surface area contributed by atoms with Crippen molar-refractivity contribution in [2.45, 2.75) is 26.1 Å². The van der Waals surface area contributed by atoms with Crippen LogP contribution in [0.5, 0.6) is 11.5 Å². The number of ether oxygens (including phenoxy) is 3. The van der Waals surface area contributed by atoms with E-state index in [1.165, 1.54) is 5.56 Å². The van der Waals surface area contributed by atoms with Gasteiger partial charge >= 0.3 is 0 Å². The summed E-state index contributed by atoms with van der Waals surface area (Å²) in [6, 6.07) is 10.1. The number of methoxy groups -OCH3 is 1. The number of hydrogen-bond acceptors (Lipinski definition) is 4. The summed E-state index contributed by atoms with van der Waals surface area (Å²) in [7, 11) is 1.66. The number of rotatable bonds is 5. The maximum absolute atomic E-state index is 6.21. The van der Waals surface area contributed by atoms with E-state index >= 15 is 0 Å². The molecule has 0 saturated carbocycles. The van der Waals surface area contributed by atoms with E-state index in [-0.39, 0.29) is 12.8 Å². The molecule has 6 heteroatoms. The summed E-state index contributed by atoms with van der Waals surface area (Å²) in [5, 5.41) is 4.21. The summed E-state index contributed by atoms with van der Waals surface area (Å²) in [6.07, 6.45) is 0. The van der Waals surface area contributed by atoms with Crippen LogP contribution in [0.3, 0.4) is 0 Å². The lowest BCUT2D eigenvalue weighted by Crippen LogP contribution is -2.20. The van der Waals surface area contributed by atoms with Crippen molar-refractivity contribution in [3.8, 4) is 11.5 Å². The highest BCUT2D eigenvalue weighted by Gasteiger charge is 2.17. The van der Waals surface area contributed by atoms with Gasteiger partial charge in [0.15, 0.2) is 6.79 Å². The Labute approximate surface area is 155 Å². The first-order valence-electron chi connectivity index (χ1n) is 7.67. The van der Waals surface area contributed by atoms with Gasteiger partial charge < -0.3 is 19.5 Å². The Kier molecular flexibility index (Phi) is 5.66. The van der Waals surface area contributed by atoms with Crippen molar-refractivity contribution in [1.29, 1.82) is 0 Å². The summed E-state index contributed by atoms with van der Waals surface area (Å²) in [5.74, 6) is 1.70. The molecule has 0 radical (unpaired) electrons. The molecule has 0 saturated heterocycles. The second-order valence-electron chi connectivity index (χ2n) is 5.66. The average Bonchev–Trinajstić information content (AvgIpc) is 2.59. The van der Waals surface area contributed by atoms with E-state index < -0.39 is 0 Å². The summed E-state index contributed by atoms with van der Waals surface area (Å²) < 4.78 is 17.2. The van der Waals surface area contributed by atoms with Crippen molar-refractivity contribution >= 4 is 27.5 Å². The normalized spacial score (nSPS) is 14.7. The third-order valence-corrected chi connectivity index (χ3v) is 4.86. The third-order valence-electron chi connectivity index (χ3n) is 4.03. The molecule has 1 heterocycles. The molecular formula is C18H19BrClNO3. The van der Waals surface area contributed by atoms with E-state index in [9.17, 15) is 0 Å². The Morgan fingerprint density at radius 1 is 1.33 bits per heavy atom. The van der Waals surface area contributed by atoms with Gasteiger partial charge in [0.25, 0.3) is 0 Å². The van der Waals surface area contributed by atoms with Gasteiger partial charge in [-0.1, -0.05) is 17.7 Å². The minimum Gasteiger partial charge on any atom is -0.496 e. The van der Waals surface area contributed by atoms with Crippen LogP contribution in [0.4, 0.5) is 0 Å². The molecule has 0 spiro atoms. The van der Waals surface area contributed by atoms with Crippen LogP contribution in [0.15, 0.2) is 34.8 Å². The van der Waals surface area contributed by atoms with E-state index in [1.807, 2.05) is 18.2 Å². The van der Waals surface area contributed by atoms with Gasteiger partial charge in [0.2, 0.25) is 0 Å². The summed E-state index contributed by atoms with van der Waals surface area (Å²) in [5.41, 5.74) is 3.20. The molecule has 2 aromatic rings. The Morgan fingerprint density at radius 3 is 2.92 bits per heavy atom. The number of hydrogen-bond donors (Lipinski definition) is 1. The summed E-state index contributed by atoms with van der Waals surface area (Å²) in [6.45, 7) is 3.59. The molecule has 1 unspecified atom stereocenters. The molecule has 0 bridgehead atoms. The molecule has 0 fully saturated rings. The number of benzene rings is 2. The first kappa shape index (κ1) is 17.5. The standard InChI is InChI=1S/C18H19BrClNO3/c1-11(12-3-4-17(22-2)16(19)7-12)21-8-13-5-15(20)6-14-9-23-10-24-18(13)14/h3-7,11,21H,8-10H2,1-2H3. The van der Waals surface area contributed by atoms with Crippen molar-refractivity contribution in [3.05, 3.63) is 56.5 Å². The highest BCUT2D eigenvalue weighted by atomic mass is 79.9. The summed E-state index contributed by atoms with van der Waals surface area (Å²) in [4.78, 5) is 0. The van der Waals surface area contributed by atoms with Crippen LogP contribution < -0.4 is 14.8 Å². The molecule has 0 amide bonds. The van der Waals surface area contributed by atoms with Crippen molar-refractivity contribution in [1.82, 2.24) is 5.32 Å². The molecule has 3 rings (SSSR count). The van der Waals surface area contributed by atoms with Crippen LogP contribution >= 0.6 is 27.5 Å². The number of halogens is 2. The zero-order valence-corrected chi connectivity index (χ0v) is 15.9. The maximum atomic E-state index is 6.21. The quantitative estimate of drug-likeness (QED) is 0.763. The minimum absolute atomic E-state index is 0.168. The zero-order chi connectivity index (χ0) is 17.1. The van der Waals surface area contributed by atoms with Crippen LogP contribution in [0.2, 0.25) is 5.02 Å². The fraction of sp³-hybridized carbons (Fsp3) is 0.333. The van der Waals surface area contributed by atoms with E-state index in [2.05, 4.69) is 40.3 Å². The number of nitrogens with one attached hydrogen (secondary N) is 1. The maximum Gasteiger partial charge on any atom is 0.189 e. The lowest BCUT2D eigenvalue weighted by molar-refractivity contribution is -0.0171. The van der Waals surface area contributed by atoms with Gasteiger partial charge in [-0.15, -0.1) is 0 Å². The molecule has 0 aromatic heterocycles. The topological polar surface area (TPSA) is 39.7 Å². The van der Waals surface area contributed by atoms with Crippen LogP contribution in [-0.4, -0.2) is 13.9 Å². The van der Waals surface area contributed by atoms with Gasteiger partial charge in [-0.3, -0.25) is 0 Å². The van der Waals surface area contributed by atoms with Crippen LogP contribution in [0.1, 0.15) is 29.7 Å². The predicted molar refractivity (Wildman–Crippen MR) is 97.7 cm³/mol. The molecular weight excluding hydrogens is 394 g/mol. The first-order valence-corrected chi connectivity index (χ1v) is 8.84. The van der Waals surface area contributed by atoms with Crippen LogP contribution in [0.25, 0.3) is 0 Å². The zero-order valence-electron chi connectivity index (χ0n) is 13.6. The second-order valence-corrected chi connectivity index (χ2v) is 6.95. The highest BCUT2D eigenvalue weighted by molar-refractivity contribution is 9.10. The Morgan fingerprint density at radius 2 is 2.17 bits per heavy atom. The van der Waals surface area contributed by atoms with Crippen molar-refractivity contribution < 1.29 is 14.2 Å². The van der Waals surface area contributed by atoms with Gasteiger partial charge in [0.05, 0.1) is 18.2 Å². The van der Waals surface area contributed by atoms with Gasteiger partial charge in [0.1, 0.15) is 11.5 Å². The Bertz CT molecular complexity index is 738. The first-order chi connectivity index (χ1) is 11.6. The van der Waals surface area contributed by atoms with Crippen molar-refractivity contribution in [2.75, 3.05) is 13.9 Å². The smallest absolute Gasteiger partial charge is 0.189 e. The Balaban J connectivity index is 1.74. The van der Waals surface area contributed by atoms with E-state index in [4.69, 9.17) is 25.8 Å². The molecule has 0 aliphatic carbocycles. The fourth-order valence-corrected chi connectivity index (χ4v) is 3.54. The van der Waals surface area contributed by atoms with Crippen LogP contribution in [0, 0.1) is 0 Å². The minimum atomic E-state index is 0.168. The van der Waals surface area contributed by atoms with E-state index in [1.54, 1.807) is 7.11 Å². The van der Waals surface area contributed by atoms with Crippen molar-refractivity contribution in [2.24, 2.45) is 0 Å². The van der Waals surface area contributed by atoms with Gasteiger partial charge in [0, 0.05) is 28.7 Å². The molecule has 1 aliphatic heterocycles. The largest absolute Gasteiger partial charge is 0.496 e. The van der Waals surface area contributed by atoms with E-state index in [0.29, 0.717) is 18.2 Å². The molecule has 1 aliphatic rings. The third kappa shape index (κ3) is 3.86. The molecule has 2 aromatic carbocycles. The average molecular weight is 413 g/mol. The van der Waals surface area contributed by atoms with E-state index in [0.717, 1.165) is 27.1 Å². The van der Waals surface area contributed by atoms with Gasteiger partial charge in [-0.2, -0.15) is 0 Å². The van der Waals surface area contributed by atoms with Crippen LogP contribution in [-0.2, 0) is 17.9 Å². The molecule has 24 heavy (non-hydrogen) atoms. The lowest BCUT2D eigenvalue weighted by atomic mass is 10.1. The SMILES string of the molecule is COc1ccc(C(C)NCc2cc(Cl)cc3c2OCOC3)cc1Br. The molecule has 1 atom stereocenters. The molecule has 1 N–H and O–H groups in total. The second kappa shape index (κ2) is 7.74.